The third kappa shape index (κ3) is 10.3. The smallest absolute Gasteiger partial charge is 0.335 e. The van der Waals surface area contributed by atoms with Gasteiger partial charge in [-0.05, 0) is 116 Å². The standard InChI is InChI=1S/C46H72O13.K/c1-27-20-35(56-46(22-27)36(48)12-15-42(7,59-46)24-43(8,52)40(50)51)28(2)10-14-41(6)17-18-45(58-41)16-11-34-39(57-45)37(49)30(4)38(55-34)33(47)21-29(3)32-23-44(26-54-31(32)5)13-9-19-53-25-44;/h10,14,22,28-29,31-39,47-49,52H,4,9,11-13,15-21,23-26H2,1-3,5-8H3,(H,50,51);/b14-10+;. The van der Waals surface area contributed by atoms with E-state index in [-0.39, 0.29) is 93.2 Å². The molecule has 0 aromatic carbocycles. The van der Waals surface area contributed by atoms with Crippen LogP contribution in [0.15, 0.2) is 36.0 Å². The molecule has 7 aliphatic heterocycles. The van der Waals surface area contributed by atoms with Gasteiger partial charge in [-0.2, -0.15) is 0 Å². The molecule has 0 aliphatic carbocycles. The molecule has 3 spiro atoms. The third-order valence-corrected chi connectivity index (χ3v) is 15.0. The zero-order valence-electron chi connectivity index (χ0n) is 37.4. The van der Waals surface area contributed by atoms with E-state index in [4.69, 9.17) is 33.2 Å². The average Bonchev–Trinajstić information content (AvgIpc) is 3.50. The number of ether oxygens (including phenoxy) is 7. The number of carboxylic acid groups (broad SMARTS) is 1. The van der Waals surface area contributed by atoms with Gasteiger partial charge in [-0.1, -0.05) is 38.2 Å². The maximum Gasteiger partial charge on any atom is 0.335 e. The van der Waals surface area contributed by atoms with E-state index in [1.165, 1.54) is 6.92 Å². The van der Waals surface area contributed by atoms with E-state index in [9.17, 15) is 30.3 Å². The summed E-state index contributed by atoms with van der Waals surface area (Å²) in [6.45, 7) is 19.8. The first kappa shape index (κ1) is 49.3. The molecule has 17 unspecified atom stereocenters. The second kappa shape index (κ2) is 18.6. The topological polar surface area (TPSA) is 183 Å². The quantitative estimate of drug-likeness (QED) is 0.144. The van der Waals surface area contributed by atoms with Crippen LogP contribution in [0.2, 0.25) is 0 Å². The summed E-state index contributed by atoms with van der Waals surface area (Å²) in [6.07, 6.45) is 8.36. The molecule has 7 rings (SSSR count). The first-order valence-corrected chi connectivity index (χ1v) is 22.3. The molecular weight excluding hydrogens is 800 g/mol. The number of carboxylic acids is 1. The molecule has 335 valence electrons. The van der Waals surface area contributed by atoms with Crippen LogP contribution in [0.4, 0.5) is 0 Å². The van der Waals surface area contributed by atoms with Crippen LogP contribution in [-0.4, -0.2) is 180 Å². The number of hydrogen-bond donors (Lipinski definition) is 5. The van der Waals surface area contributed by atoms with Crippen molar-refractivity contribution in [3.05, 3.63) is 36.0 Å². The Morgan fingerprint density at radius 2 is 1.82 bits per heavy atom. The SMILES string of the molecule is C=C1C(O)C2OC3(CCC2OC1C(O)CC(C)C1CC2(CCCOC2)COC1C)CCC(C)(/C=C/C(C)C1CC(C)=CC2(O1)OC(C)(CC(C)(O)C(=O)O)CCC2O)O3.[K]. The maximum absolute atomic E-state index is 11.7. The molecule has 0 bridgehead atoms. The van der Waals surface area contributed by atoms with Crippen LogP contribution in [0.5, 0.6) is 0 Å². The number of hydrogen-bond acceptors (Lipinski definition) is 12. The first-order valence-electron chi connectivity index (χ1n) is 22.3. The van der Waals surface area contributed by atoms with Gasteiger partial charge in [0.05, 0.1) is 48.8 Å². The van der Waals surface area contributed by atoms with Gasteiger partial charge in [0.15, 0.2) is 11.4 Å². The fourth-order valence-electron chi connectivity index (χ4n) is 11.5. The molecule has 7 heterocycles. The van der Waals surface area contributed by atoms with Crippen molar-refractivity contribution in [1.29, 1.82) is 0 Å². The first-order chi connectivity index (χ1) is 27.6. The van der Waals surface area contributed by atoms with Crippen LogP contribution in [0, 0.1) is 23.2 Å². The number of fused-ring (bicyclic) bond motifs is 1. The van der Waals surface area contributed by atoms with E-state index in [1.807, 2.05) is 20.8 Å². The van der Waals surface area contributed by atoms with Gasteiger partial charge in [-0.15, -0.1) is 0 Å². The molecule has 0 amide bonds. The maximum atomic E-state index is 11.7. The predicted molar refractivity (Wildman–Crippen MR) is 223 cm³/mol. The Kier molecular flexibility index (Phi) is 15.3. The molecule has 7 aliphatic rings. The Labute approximate surface area is 399 Å². The molecule has 5 N–H and O–H groups in total. The van der Waals surface area contributed by atoms with Crippen molar-refractivity contribution in [2.24, 2.45) is 23.2 Å². The second-order valence-electron chi connectivity index (χ2n) is 20.5. The summed E-state index contributed by atoms with van der Waals surface area (Å²) in [7, 11) is 0. The van der Waals surface area contributed by atoms with Crippen LogP contribution in [0.25, 0.3) is 0 Å². The summed E-state index contributed by atoms with van der Waals surface area (Å²) in [6, 6.07) is 0. The van der Waals surface area contributed by atoms with Crippen LogP contribution < -0.4 is 0 Å². The Hall–Kier alpha value is -0.114. The van der Waals surface area contributed by atoms with Gasteiger partial charge in [0.25, 0.3) is 0 Å². The Morgan fingerprint density at radius 3 is 2.52 bits per heavy atom. The van der Waals surface area contributed by atoms with Crippen LogP contribution >= 0.6 is 0 Å². The van der Waals surface area contributed by atoms with Crippen molar-refractivity contribution in [3.63, 3.8) is 0 Å². The van der Waals surface area contributed by atoms with Gasteiger partial charge in [-0.3, -0.25) is 0 Å². The molecule has 0 aromatic rings. The van der Waals surface area contributed by atoms with Gasteiger partial charge in [0.1, 0.15) is 24.4 Å². The number of aliphatic carboxylic acids is 1. The average molecular weight is 872 g/mol. The number of aliphatic hydroxyl groups excluding tert-OH is 3. The Morgan fingerprint density at radius 1 is 1.07 bits per heavy atom. The van der Waals surface area contributed by atoms with Crippen molar-refractivity contribution in [2.45, 2.75) is 203 Å². The van der Waals surface area contributed by atoms with E-state index < -0.39 is 71.0 Å². The molecule has 17 atom stereocenters. The van der Waals surface area contributed by atoms with E-state index in [1.54, 1.807) is 13.0 Å². The van der Waals surface area contributed by atoms with Gasteiger partial charge in [-0.25, -0.2) is 4.79 Å². The predicted octanol–water partition coefficient (Wildman–Crippen LogP) is 5.12. The fourth-order valence-corrected chi connectivity index (χ4v) is 11.5. The van der Waals surface area contributed by atoms with Gasteiger partial charge in [0.2, 0.25) is 5.79 Å². The summed E-state index contributed by atoms with van der Waals surface area (Å²) in [4.78, 5) is 11.7. The molecule has 0 saturated carbocycles. The van der Waals surface area contributed by atoms with Crippen LogP contribution in [0.1, 0.15) is 126 Å². The van der Waals surface area contributed by atoms with Crippen molar-refractivity contribution >= 4 is 57.4 Å². The number of carbonyl (C=O) groups is 1. The van der Waals surface area contributed by atoms with Gasteiger partial charge < -0.3 is 58.7 Å². The molecule has 6 fully saturated rings. The second-order valence-corrected chi connectivity index (χ2v) is 20.5. The monoisotopic (exact) mass is 871 g/mol. The van der Waals surface area contributed by atoms with E-state index in [2.05, 4.69) is 32.6 Å². The number of rotatable bonds is 10. The normalized spacial score (nSPS) is 46.0. The zero-order valence-corrected chi connectivity index (χ0v) is 40.5. The molecule has 6 saturated heterocycles. The van der Waals surface area contributed by atoms with E-state index in [0.29, 0.717) is 56.9 Å². The molecular formula is C46H72KO13. The largest absolute Gasteiger partial charge is 0.479 e. The van der Waals surface area contributed by atoms with Gasteiger partial charge >= 0.3 is 5.97 Å². The Bertz CT molecular complexity index is 1610. The molecule has 1 radical (unpaired) electrons. The van der Waals surface area contributed by atoms with Crippen molar-refractivity contribution < 1.29 is 63.5 Å². The minimum atomic E-state index is -2.00. The Balaban J connectivity index is 0.00000604. The molecule has 13 nitrogen and oxygen atoms in total. The third-order valence-electron chi connectivity index (χ3n) is 15.0. The van der Waals surface area contributed by atoms with Crippen molar-refractivity contribution in [1.82, 2.24) is 0 Å². The van der Waals surface area contributed by atoms with Crippen LogP contribution in [0.3, 0.4) is 0 Å². The molecule has 0 aromatic heterocycles. The summed E-state index contributed by atoms with van der Waals surface area (Å²) >= 11 is 0. The number of aliphatic hydroxyl groups is 4. The minimum Gasteiger partial charge on any atom is -0.479 e. The fraction of sp³-hybridized carbons (Fsp3) is 0.848. The summed E-state index contributed by atoms with van der Waals surface area (Å²) in [5, 5.41) is 54.6. The summed E-state index contributed by atoms with van der Waals surface area (Å²) < 4.78 is 45.2. The van der Waals surface area contributed by atoms with Crippen molar-refractivity contribution in [2.75, 3.05) is 19.8 Å². The van der Waals surface area contributed by atoms with E-state index in [0.717, 1.165) is 44.7 Å². The molecule has 60 heavy (non-hydrogen) atoms. The summed E-state index contributed by atoms with van der Waals surface area (Å²) in [5.41, 5.74) is -2.25. The summed E-state index contributed by atoms with van der Waals surface area (Å²) in [5.74, 6) is -3.39. The van der Waals surface area contributed by atoms with Crippen LogP contribution in [-0.2, 0) is 38.0 Å². The van der Waals surface area contributed by atoms with E-state index >= 15 is 0 Å². The van der Waals surface area contributed by atoms with Gasteiger partial charge in [0, 0.05) is 88.6 Å². The zero-order chi connectivity index (χ0) is 42.8. The van der Waals surface area contributed by atoms with Crippen molar-refractivity contribution in [3.8, 4) is 0 Å². The minimum absolute atomic E-state index is 0. The molecule has 14 heteroatoms.